The van der Waals surface area contributed by atoms with Gasteiger partial charge in [-0.2, -0.15) is 5.21 Å². The zero-order valence-corrected chi connectivity index (χ0v) is 12.2. The molecule has 3 N–H and O–H groups in total. The summed E-state index contributed by atoms with van der Waals surface area (Å²) in [5, 5.41) is 19.0. The predicted molar refractivity (Wildman–Crippen MR) is 79.7 cm³/mol. The minimum absolute atomic E-state index is 0.175. The molecule has 22 heavy (non-hydrogen) atoms. The average Bonchev–Trinajstić information content (AvgIpc) is 3.18. The van der Waals surface area contributed by atoms with Crippen LogP contribution < -0.4 is 10.6 Å². The highest BCUT2D eigenvalue weighted by Crippen LogP contribution is 2.13. The van der Waals surface area contributed by atoms with Gasteiger partial charge in [-0.05, 0) is 12.0 Å². The Hall–Kier alpha value is -2.48. The highest BCUT2D eigenvalue weighted by molar-refractivity contribution is 5.74. The Kier molecular flexibility index (Phi) is 4.59. The number of benzene rings is 1. The van der Waals surface area contributed by atoms with E-state index in [1.54, 1.807) is 0 Å². The fourth-order valence-electron chi connectivity index (χ4n) is 2.59. The largest absolute Gasteiger partial charge is 0.334 e. The van der Waals surface area contributed by atoms with E-state index in [0.29, 0.717) is 5.82 Å². The highest BCUT2D eigenvalue weighted by Gasteiger charge is 2.23. The van der Waals surface area contributed by atoms with Crippen LogP contribution in [0.1, 0.15) is 17.8 Å². The van der Waals surface area contributed by atoms with Crippen molar-refractivity contribution in [1.82, 2.24) is 36.2 Å². The van der Waals surface area contributed by atoms with Crippen molar-refractivity contribution < 1.29 is 4.79 Å². The number of H-pyrrole nitrogens is 1. The van der Waals surface area contributed by atoms with Gasteiger partial charge < -0.3 is 10.6 Å². The number of carbonyl (C=O) groups is 1. The maximum absolute atomic E-state index is 11.8. The molecule has 0 spiro atoms. The molecule has 1 atom stereocenters. The smallest absolute Gasteiger partial charge is 0.315 e. The van der Waals surface area contributed by atoms with Crippen LogP contribution in [0.4, 0.5) is 4.79 Å². The van der Waals surface area contributed by atoms with E-state index in [9.17, 15) is 4.79 Å². The van der Waals surface area contributed by atoms with E-state index in [-0.39, 0.29) is 18.6 Å². The third kappa shape index (κ3) is 4.01. The summed E-state index contributed by atoms with van der Waals surface area (Å²) in [6.45, 7) is 3.04. The van der Waals surface area contributed by atoms with Crippen LogP contribution in [0.5, 0.6) is 0 Å². The Labute approximate surface area is 128 Å². The SMILES string of the molecule is O=C(NCc1nn[nH]n1)NC1CCN(Cc2ccccc2)C1. The Morgan fingerprint density at radius 1 is 1.36 bits per heavy atom. The molecular weight excluding hydrogens is 282 g/mol. The Morgan fingerprint density at radius 3 is 3.00 bits per heavy atom. The molecule has 1 fully saturated rings. The molecule has 1 aliphatic rings. The first-order valence-electron chi connectivity index (χ1n) is 7.32. The van der Waals surface area contributed by atoms with Gasteiger partial charge in [-0.25, -0.2) is 4.79 Å². The topological polar surface area (TPSA) is 98.8 Å². The summed E-state index contributed by atoms with van der Waals surface area (Å²) >= 11 is 0. The van der Waals surface area contributed by atoms with E-state index in [1.165, 1.54) is 5.56 Å². The van der Waals surface area contributed by atoms with Gasteiger partial charge in [0.15, 0.2) is 5.82 Å². The highest BCUT2D eigenvalue weighted by atomic mass is 16.2. The molecule has 2 aromatic rings. The van der Waals surface area contributed by atoms with Crippen LogP contribution in [0.25, 0.3) is 0 Å². The van der Waals surface area contributed by atoms with Crippen LogP contribution in [-0.2, 0) is 13.1 Å². The van der Waals surface area contributed by atoms with Crippen molar-refractivity contribution in [3.63, 3.8) is 0 Å². The third-order valence-corrected chi connectivity index (χ3v) is 3.65. The van der Waals surface area contributed by atoms with Crippen molar-refractivity contribution in [3.05, 3.63) is 41.7 Å². The number of carbonyl (C=O) groups excluding carboxylic acids is 1. The molecule has 8 nitrogen and oxygen atoms in total. The lowest BCUT2D eigenvalue weighted by Gasteiger charge is -2.16. The van der Waals surface area contributed by atoms with Crippen LogP contribution >= 0.6 is 0 Å². The van der Waals surface area contributed by atoms with E-state index < -0.39 is 0 Å². The molecule has 1 aromatic carbocycles. The Morgan fingerprint density at radius 2 is 2.23 bits per heavy atom. The predicted octanol–water partition coefficient (Wildman–Crippen LogP) is 0.273. The summed E-state index contributed by atoms with van der Waals surface area (Å²) in [6.07, 6.45) is 0.961. The van der Waals surface area contributed by atoms with Gasteiger partial charge in [0, 0.05) is 25.7 Å². The summed E-state index contributed by atoms with van der Waals surface area (Å²) < 4.78 is 0. The molecule has 2 heterocycles. The summed E-state index contributed by atoms with van der Waals surface area (Å²) in [4.78, 5) is 14.2. The van der Waals surface area contributed by atoms with E-state index in [4.69, 9.17) is 0 Å². The van der Waals surface area contributed by atoms with Crippen LogP contribution in [-0.4, -0.2) is 50.7 Å². The first-order valence-corrected chi connectivity index (χ1v) is 7.32. The van der Waals surface area contributed by atoms with Crippen LogP contribution in [0.3, 0.4) is 0 Å². The molecule has 0 bridgehead atoms. The minimum Gasteiger partial charge on any atom is -0.334 e. The van der Waals surface area contributed by atoms with Crippen molar-refractivity contribution in [2.24, 2.45) is 0 Å². The molecular formula is C14H19N7O. The maximum atomic E-state index is 11.8. The molecule has 8 heteroatoms. The summed E-state index contributed by atoms with van der Waals surface area (Å²) in [6, 6.07) is 10.3. The first kappa shape index (κ1) is 14.5. The zero-order chi connectivity index (χ0) is 15.2. The third-order valence-electron chi connectivity index (χ3n) is 3.65. The maximum Gasteiger partial charge on any atom is 0.315 e. The monoisotopic (exact) mass is 301 g/mol. The van der Waals surface area contributed by atoms with E-state index in [2.05, 4.69) is 48.3 Å². The average molecular weight is 301 g/mol. The van der Waals surface area contributed by atoms with Crippen LogP contribution in [0.2, 0.25) is 0 Å². The second-order valence-electron chi connectivity index (χ2n) is 5.36. The number of likely N-dealkylation sites (tertiary alicyclic amines) is 1. The number of hydrogen-bond donors (Lipinski definition) is 3. The van der Waals surface area contributed by atoms with E-state index in [0.717, 1.165) is 26.1 Å². The van der Waals surface area contributed by atoms with Gasteiger partial charge in [0.25, 0.3) is 0 Å². The number of nitrogens with zero attached hydrogens (tertiary/aromatic N) is 4. The molecule has 0 aliphatic carbocycles. The lowest BCUT2D eigenvalue weighted by Crippen LogP contribution is -2.43. The number of amides is 2. The van der Waals surface area contributed by atoms with Gasteiger partial charge in [-0.1, -0.05) is 35.5 Å². The second kappa shape index (κ2) is 6.99. The van der Waals surface area contributed by atoms with Crippen molar-refractivity contribution in [3.8, 4) is 0 Å². The van der Waals surface area contributed by atoms with Crippen LogP contribution in [0.15, 0.2) is 30.3 Å². The number of aromatic nitrogens is 4. The lowest BCUT2D eigenvalue weighted by molar-refractivity contribution is 0.235. The lowest BCUT2D eigenvalue weighted by atomic mass is 10.2. The van der Waals surface area contributed by atoms with Crippen molar-refractivity contribution in [2.45, 2.75) is 25.6 Å². The molecule has 0 saturated carbocycles. The normalized spacial score (nSPS) is 18.3. The quantitative estimate of drug-likeness (QED) is 0.736. The van der Waals surface area contributed by atoms with Crippen molar-refractivity contribution in [1.29, 1.82) is 0 Å². The van der Waals surface area contributed by atoms with Gasteiger partial charge in [0.05, 0.1) is 6.54 Å². The summed E-state index contributed by atoms with van der Waals surface area (Å²) in [7, 11) is 0. The molecule has 3 rings (SSSR count). The number of tetrazole rings is 1. The molecule has 1 aliphatic heterocycles. The van der Waals surface area contributed by atoms with E-state index >= 15 is 0 Å². The van der Waals surface area contributed by atoms with Gasteiger partial charge in [-0.3, -0.25) is 4.90 Å². The zero-order valence-electron chi connectivity index (χ0n) is 12.2. The molecule has 1 unspecified atom stereocenters. The second-order valence-corrected chi connectivity index (χ2v) is 5.36. The van der Waals surface area contributed by atoms with Gasteiger partial charge >= 0.3 is 6.03 Å². The van der Waals surface area contributed by atoms with E-state index in [1.807, 2.05) is 18.2 Å². The Bertz CT molecular complexity index is 587. The molecule has 1 saturated heterocycles. The van der Waals surface area contributed by atoms with Crippen LogP contribution in [0, 0.1) is 0 Å². The fourth-order valence-corrected chi connectivity index (χ4v) is 2.59. The first-order chi connectivity index (χ1) is 10.8. The van der Waals surface area contributed by atoms with Gasteiger partial charge in [0.1, 0.15) is 0 Å². The number of nitrogens with one attached hydrogen (secondary N) is 3. The summed E-state index contributed by atoms with van der Waals surface area (Å²) in [5.74, 6) is 0.465. The molecule has 1 aromatic heterocycles. The van der Waals surface area contributed by atoms with Gasteiger partial charge in [-0.15, -0.1) is 10.2 Å². The number of aromatic amines is 1. The minimum atomic E-state index is -0.198. The number of rotatable bonds is 5. The van der Waals surface area contributed by atoms with Crippen molar-refractivity contribution >= 4 is 6.03 Å². The summed E-state index contributed by atoms with van der Waals surface area (Å²) in [5.41, 5.74) is 1.30. The van der Waals surface area contributed by atoms with Crippen molar-refractivity contribution in [2.75, 3.05) is 13.1 Å². The molecule has 116 valence electrons. The standard InChI is InChI=1S/C14H19N7O/c22-14(15-8-13-17-19-20-18-13)16-12-6-7-21(10-12)9-11-4-2-1-3-5-11/h1-5,12H,6-10H2,(H2,15,16,22)(H,17,18,19,20). The number of urea groups is 1. The fraction of sp³-hybridized carbons (Fsp3) is 0.429. The molecule has 2 amide bonds. The Balaban J connectivity index is 1.40. The number of hydrogen-bond acceptors (Lipinski definition) is 5. The van der Waals surface area contributed by atoms with Gasteiger partial charge in [0.2, 0.25) is 0 Å². The molecule has 0 radical (unpaired) electrons.